The Bertz CT molecular complexity index is 199. The quantitative estimate of drug-likeness (QED) is 0.676. The third-order valence-electron chi connectivity index (χ3n) is 2.76. The predicted molar refractivity (Wildman–Crippen MR) is 66.0 cm³/mol. The second-order valence-corrected chi connectivity index (χ2v) is 4.99. The van der Waals surface area contributed by atoms with E-state index < -0.39 is 0 Å². The fourth-order valence-electron chi connectivity index (χ4n) is 1.83. The third kappa shape index (κ3) is 4.03. The number of thioether (sulfide) groups is 1. The first-order chi connectivity index (χ1) is 7.29. The summed E-state index contributed by atoms with van der Waals surface area (Å²) >= 11 is 1.84. The molecule has 15 heavy (non-hydrogen) atoms. The molecular formula is C11H22N2OS. The molecule has 0 saturated carbocycles. The van der Waals surface area contributed by atoms with Crippen LogP contribution in [0.4, 0.5) is 0 Å². The summed E-state index contributed by atoms with van der Waals surface area (Å²) in [6.45, 7) is 3.83. The van der Waals surface area contributed by atoms with Gasteiger partial charge in [0.15, 0.2) is 0 Å². The van der Waals surface area contributed by atoms with Crippen molar-refractivity contribution >= 4 is 17.7 Å². The van der Waals surface area contributed by atoms with E-state index in [-0.39, 0.29) is 6.04 Å². The van der Waals surface area contributed by atoms with Crippen molar-refractivity contribution in [2.75, 3.05) is 25.2 Å². The van der Waals surface area contributed by atoms with Crippen LogP contribution in [0, 0.1) is 0 Å². The highest BCUT2D eigenvalue weighted by Crippen LogP contribution is 2.11. The summed E-state index contributed by atoms with van der Waals surface area (Å²) in [5.74, 6) is 1.45. The molecule has 88 valence electrons. The molecule has 0 aromatic carbocycles. The van der Waals surface area contributed by atoms with Crippen molar-refractivity contribution in [1.29, 1.82) is 0 Å². The van der Waals surface area contributed by atoms with Crippen molar-refractivity contribution < 1.29 is 4.79 Å². The molecule has 0 bridgehead atoms. The molecule has 0 spiro atoms. The lowest BCUT2D eigenvalue weighted by atomic mass is 10.1. The molecule has 1 amide bonds. The van der Waals surface area contributed by atoms with E-state index in [2.05, 4.69) is 18.5 Å². The lowest BCUT2D eigenvalue weighted by molar-refractivity contribution is -0.129. The molecule has 1 rings (SSSR count). The van der Waals surface area contributed by atoms with E-state index in [9.17, 15) is 4.79 Å². The molecule has 1 fully saturated rings. The number of carbonyl (C=O) groups is 1. The zero-order valence-corrected chi connectivity index (χ0v) is 10.6. The smallest absolute Gasteiger partial charge is 0.240 e. The average molecular weight is 230 g/mol. The van der Waals surface area contributed by atoms with Gasteiger partial charge in [0.2, 0.25) is 5.91 Å². The minimum absolute atomic E-state index is 0.0965. The molecule has 0 aromatic rings. The molecule has 1 atom stereocenters. The van der Waals surface area contributed by atoms with E-state index in [1.165, 1.54) is 0 Å². The van der Waals surface area contributed by atoms with Gasteiger partial charge in [-0.25, -0.2) is 0 Å². The van der Waals surface area contributed by atoms with Crippen LogP contribution in [-0.4, -0.2) is 42.1 Å². The van der Waals surface area contributed by atoms with Crippen LogP contribution in [-0.2, 0) is 4.79 Å². The van der Waals surface area contributed by atoms with Crippen LogP contribution in [0.3, 0.4) is 0 Å². The number of nitrogens with zero attached hydrogens (tertiary/aromatic N) is 1. The van der Waals surface area contributed by atoms with Gasteiger partial charge in [-0.1, -0.05) is 19.8 Å². The minimum Gasteiger partial charge on any atom is -0.329 e. The van der Waals surface area contributed by atoms with Crippen molar-refractivity contribution in [3.63, 3.8) is 0 Å². The van der Waals surface area contributed by atoms with E-state index in [1.54, 1.807) is 0 Å². The van der Waals surface area contributed by atoms with Gasteiger partial charge in [0.05, 0.1) is 12.7 Å². The summed E-state index contributed by atoms with van der Waals surface area (Å²) in [7, 11) is 0. The first kappa shape index (κ1) is 12.8. The molecule has 1 heterocycles. The van der Waals surface area contributed by atoms with Gasteiger partial charge in [0.1, 0.15) is 0 Å². The molecule has 4 heteroatoms. The van der Waals surface area contributed by atoms with Crippen LogP contribution in [0.1, 0.15) is 32.6 Å². The highest BCUT2D eigenvalue weighted by Gasteiger charge is 2.29. The van der Waals surface area contributed by atoms with Gasteiger partial charge >= 0.3 is 0 Å². The number of carbonyl (C=O) groups excluding carboxylic acids is 1. The molecule has 1 unspecified atom stereocenters. The Morgan fingerprint density at radius 3 is 3.00 bits per heavy atom. The Balaban J connectivity index is 2.22. The first-order valence-electron chi connectivity index (χ1n) is 5.80. The van der Waals surface area contributed by atoms with Gasteiger partial charge in [0.25, 0.3) is 0 Å². The van der Waals surface area contributed by atoms with Crippen LogP contribution in [0.15, 0.2) is 0 Å². The zero-order chi connectivity index (χ0) is 11.1. The SMILES string of the molecule is CCCCC1NCN(CCCSC)C1=O. The second-order valence-electron chi connectivity index (χ2n) is 4.01. The van der Waals surface area contributed by atoms with Gasteiger partial charge in [-0.3, -0.25) is 10.1 Å². The fourth-order valence-corrected chi connectivity index (χ4v) is 2.25. The maximum absolute atomic E-state index is 11.9. The largest absolute Gasteiger partial charge is 0.329 e. The monoisotopic (exact) mass is 230 g/mol. The summed E-state index contributed by atoms with van der Waals surface area (Å²) in [6, 6.07) is 0.0965. The Hall–Kier alpha value is -0.220. The molecular weight excluding hydrogens is 208 g/mol. The molecule has 1 saturated heterocycles. The highest BCUT2D eigenvalue weighted by molar-refractivity contribution is 7.98. The van der Waals surface area contributed by atoms with E-state index >= 15 is 0 Å². The lowest BCUT2D eigenvalue weighted by Gasteiger charge is -2.14. The van der Waals surface area contributed by atoms with Gasteiger partial charge in [0, 0.05) is 6.54 Å². The van der Waals surface area contributed by atoms with E-state index in [0.29, 0.717) is 5.91 Å². The van der Waals surface area contributed by atoms with Crippen LogP contribution in [0.5, 0.6) is 0 Å². The molecule has 1 aliphatic heterocycles. The first-order valence-corrected chi connectivity index (χ1v) is 7.20. The number of unbranched alkanes of at least 4 members (excludes halogenated alkanes) is 1. The Kier molecular flexibility index (Phi) is 6.10. The topological polar surface area (TPSA) is 32.3 Å². The zero-order valence-electron chi connectivity index (χ0n) is 9.79. The summed E-state index contributed by atoms with van der Waals surface area (Å²) in [5.41, 5.74) is 0. The van der Waals surface area contributed by atoms with E-state index in [0.717, 1.165) is 44.6 Å². The minimum atomic E-state index is 0.0965. The standard InChI is InChI=1S/C11H22N2OS/c1-3-4-6-10-11(14)13(9-12-10)7-5-8-15-2/h10,12H,3-9H2,1-2H3. The summed E-state index contributed by atoms with van der Waals surface area (Å²) in [5, 5.41) is 3.29. The summed E-state index contributed by atoms with van der Waals surface area (Å²) < 4.78 is 0. The van der Waals surface area contributed by atoms with Crippen LogP contribution < -0.4 is 5.32 Å². The molecule has 0 aliphatic carbocycles. The maximum atomic E-state index is 11.9. The second kappa shape index (κ2) is 7.12. The average Bonchev–Trinajstić information content (AvgIpc) is 2.58. The predicted octanol–water partition coefficient (Wildman–Crippen LogP) is 1.69. The fraction of sp³-hybridized carbons (Fsp3) is 0.909. The Morgan fingerprint density at radius 2 is 2.33 bits per heavy atom. The molecule has 1 aliphatic rings. The molecule has 0 aromatic heterocycles. The van der Waals surface area contributed by atoms with E-state index in [4.69, 9.17) is 0 Å². The lowest BCUT2D eigenvalue weighted by Crippen LogP contribution is -2.31. The molecule has 3 nitrogen and oxygen atoms in total. The molecule has 0 radical (unpaired) electrons. The number of nitrogens with one attached hydrogen (secondary N) is 1. The van der Waals surface area contributed by atoms with Crippen LogP contribution in [0.2, 0.25) is 0 Å². The van der Waals surface area contributed by atoms with Gasteiger partial charge < -0.3 is 4.90 Å². The summed E-state index contributed by atoms with van der Waals surface area (Å²) in [4.78, 5) is 13.8. The number of hydrogen-bond acceptors (Lipinski definition) is 3. The van der Waals surface area contributed by atoms with E-state index in [1.807, 2.05) is 16.7 Å². The maximum Gasteiger partial charge on any atom is 0.240 e. The molecule has 1 N–H and O–H groups in total. The van der Waals surface area contributed by atoms with Crippen molar-refractivity contribution in [1.82, 2.24) is 10.2 Å². The number of amides is 1. The number of hydrogen-bond donors (Lipinski definition) is 1. The van der Waals surface area contributed by atoms with Crippen molar-refractivity contribution in [3.8, 4) is 0 Å². The van der Waals surface area contributed by atoms with Crippen LogP contribution >= 0.6 is 11.8 Å². The summed E-state index contributed by atoms with van der Waals surface area (Å²) in [6.07, 6.45) is 6.51. The number of rotatable bonds is 7. The normalized spacial score (nSPS) is 21.3. The Morgan fingerprint density at radius 1 is 1.53 bits per heavy atom. The highest BCUT2D eigenvalue weighted by atomic mass is 32.2. The van der Waals surface area contributed by atoms with Crippen molar-refractivity contribution in [2.24, 2.45) is 0 Å². The Labute approximate surface area is 97.0 Å². The van der Waals surface area contributed by atoms with Gasteiger partial charge in [-0.05, 0) is 24.9 Å². The third-order valence-corrected chi connectivity index (χ3v) is 3.46. The van der Waals surface area contributed by atoms with Crippen molar-refractivity contribution in [3.05, 3.63) is 0 Å². The van der Waals surface area contributed by atoms with Gasteiger partial charge in [-0.15, -0.1) is 0 Å². The van der Waals surface area contributed by atoms with Gasteiger partial charge in [-0.2, -0.15) is 11.8 Å². The van der Waals surface area contributed by atoms with Crippen molar-refractivity contribution in [2.45, 2.75) is 38.6 Å². The van der Waals surface area contributed by atoms with Crippen LogP contribution in [0.25, 0.3) is 0 Å².